The molecule has 2 N–H and O–H groups in total. The number of nitrogens with zero attached hydrogens (tertiary/aromatic N) is 3. The number of hydrogen-bond donors (Lipinski definition) is 1. The van der Waals surface area contributed by atoms with E-state index in [9.17, 15) is 0 Å². The Hall–Kier alpha value is -1.55. The predicted octanol–water partition coefficient (Wildman–Crippen LogP) is 0.834. The third-order valence-electron chi connectivity index (χ3n) is 2.10. The quantitative estimate of drug-likeness (QED) is 0.758. The average Bonchev–Trinajstić information content (AvgIpc) is 2.19. The van der Waals surface area contributed by atoms with Crippen molar-refractivity contribution in [1.82, 2.24) is 15.2 Å². The Morgan fingerprint density at radius 1 is 1.36 bits per heavy atom. The number of pyridine rings is 1. The first kappa shape index (κ1) is 9.02. The van der Waals surface area contributed by atoms with Crippen LogP contribution in [-0.2, 0) is 6.42 Å². The molecule has 0 saturated heterocycles. The van der Waals surface area contributed by atoms with Gasteiger partial charge in [0.15, 0.2) is 0 Å². The first-order valence-corrected chi connectivity index (χ1v) is 4.59. The molecule has 0 spiro atoms. The van der Waals surface area contributed by atoms with Gasteiger partial charge in [-0.3, -0.25) is 4.98 Å². The van der Waals surface area contributed by atoms with E-state index in [0.29, 0.717) is 6.54 Å². The summed E-state index contributed by atoms with van der Waals surface area (Å²) >= 11 is 0. The molecule has 2 rings (SSSR count). The minimum Gasteiger partial charge on any atom is -0.330 e. The standard InChI is InChI=1S/C10H12N4/c1-7-6-8-9(2-4-11)12-5-3-10(8)14-13-7/h3,5-6H,2,4,11H2,1H3. The highest BCUT2D eigenvalue weighted by Gasteiger charge is 2.03. The normalized spacial score (nSPS) is 10.7. The van der Waals surface area contributed by atoms with E-state index in [2.05, 4.69) is 15.2 Å². The highest BCUT2D eigenvalue weighted by molar-refractivity contribution is 5.80. The summed E-state index contributed by atoms with van der Waals surface area (Å²) in [5.74, 6) is 0. The molecule has 2 heterocycles. The molecule has 2 aromatic rings. The number of aromatic nitrogens is 3. The summed E-state index contributed by atoms with van der Waals surface area (Å²) in [6.07, 6.45) is 2.53. The van der Waals surface area contributed by atoms with Crippen molar-refractivity contribution >= 4 is 10.9 Å². The Bertz CT molecular complexity index is 453. The van der Waals surface area contributed by atoms with Gasteiger partial charge in [0.05, 0.1) is 16.9 Å². The van der Waals surface area contributed by atoms with Gasteiger partial charge in [-0.15, -0.1) is 0 Å². The van der Waals surface area contributed by atoms with Crippen LogP contribution in [0.3, 0.4) is 0 Å². The lowest BCUT2D eigenvalue weighted by molar-refractivity contribution is 0.928. The Morgan fingerprint density at radius 3 is 3.00 bits per heavy atom. The van der Waals surface area contributed by atoms with Gasteiger partial charge in [-0.1, -0.05) is 0 Å². The van der Waals surface area contributed by atoms with Crippen LogP contribution in [0.25, 0.3) is 10.9 Å². The first-order chi connectivity index (χ1) is 6.81. The van der Waals surface area contributed by atoms with E-state index in [4.69, 9.17) is 5.73 Å². The molecular weight excluding hydrogens is 176 g/mol. The van der Waals surface area contributed by atoms with Gasteiger partial charge in [0.25, 0.3) is 0 Å². The fraction of sp³-hybridized carbons (Fsp3) is 0.300. The average molecular weight is 188 g/mol. The number of hydrogen-bond acceptors (Lipinski definition) is 4. The SMILES string of the molecule is Cc1cc2c(CCN)nccc2nn1. The van der Waals surface area contributed by atoms with Crippen molar-refractivity contribution in [1.29, 1.82) is 0 Å². The lowest BCUT2D eigenvalue weighted by Crippen LogP contribution is -2.05. The van der Waals surface area contributed by atoms with Gasteiger partial charge in [-0.25, -0.2) is 0 Å². The third kappa shape index (κ3) is 1.56. The molecule has 0 fully saturated rings. The second-order valence-corrected chi connectivity index (χ2v) is 3.21. The van der Waals surface area contributed by atoms with Gasteiger partial charge in [0.1, 0.15) is 0 Å². The maximum Gasteiger partial charge on any atom is 0.0963 e. The molecule has 4 heteroatoms. The van der Waals surface area contributed by atoms with E-state index in [1.807, 2.05) is 19.1 Å². The van der Waals surface area contributed by atoms with Crippen molar-refractivity contribution in [2.75, 3.05) is 6.54 Å². The minimum atomic E-state index is 0.605. The smallest absolute Gasteiger partial charge is 0.0963 e. The molecule has 0 aromatic carbocycles. The van der Waals surface area contributed by atoms with Gasteiger partial charge in [-0.2, -0.15) is 10.2 Å². The van der Waals surface area contributed by atoms with Crippen molar-refractivity contribution in [3.8, 4) is 0 Å². The van der Waals surface area contributed by atoms with Crippen LogP contribution in [0.1, 0.15) is 11.4 Å². The zero-order chi connectivity index (χ0) is 9.97. The number of aryl methyl sites for hydroxylation is 1. The molecule has 14 heavy (non-hydrogen) atoms. The van der Waals surface area contributed by atoms with Gasteiger partial charge in [0, 0.05) is 18.0 Å². The van der Waals surface area contributed by atoms with Crippen LogP contribution in [0.5, 0.6) is 0 Å². The van der Waals surface area contributed by atoms with E-state index in [1.54, 1.807) is 6.20 Å². The molecule has 2 aromatic heterocycles. The van der Waals surface area contributed by atoms with Gasteiger partial charge >= 0.3 is 0 Å². The zero-order valence-corrected chi connectivity index (χ0v) is 8.07. The Morgan fingerprint density at radius 2 is 2.21 bits per heavy atom. The molecular formula is C10H12N4. The summed E-state index contributed by atoms with van der Waals surface area (Å²) in [4.78, 5) is 4.29. The summed E-state index contributed by atoms with van der Waals surface area (Å²) in [6.45, 7) is 2.53. The molecule has 4 nitrogen and oxygen atoms in total. The molecule has 0 atom stereocenters. The number of nitrogens with two attached hydrogens (primary N) is 1. The second-order valence-electron chi connectivity index (χ2n) is 3.21. The van der Waals surface area contributed by atoms with Crippen LogP contribution in [0.2, 0.25) is 0 Å². The molecule has 0 aliphatic heterocycles. The molecule has 0 aliphatic rings. The van der Waals surface area contributed by atoms with Gasteiger partial charge in [-0.05, 0) is 25.6 Å². The minimum absolute atomic E-state index is 0.605. The van der Waals surface area contributed by atoms with Gasteiger partial charge < -0.3 is 5.73 Å². The number of fused-ring (bicyclic) bond motifs is 1. The van der Waals surface area contributed by atoms with E-state index >= 15 is 0 Å². The molecule has 0 saturated carbocycles. The lowest BCUT2D eigenvalue weighted by atomic mass is 10.1. The molecule has 0 unspecified atom stereocenters. The monoisotopic (exact) mass is 188 g/mol. The highest BCUT2D eigenvalue weighted by Crippen LogP contribution is 2.14. The van der Waals surface area contributed by atoms with Crippen LogP contribution >= 0.6 is 0 Å². The third-order valence-corrected chi connectivity index (χ3v) is 2.10. The van der Waals surface area contributed by atoms with E-state index < -0.39 is 0 Å². The zero-order valence-electron chi connectivity index (χ0n) is 8.07. The van der Waals surface area contributed by atoms with Crippen molar-refractivity contribution in [2.45, 2.75) is 13.3 Å². The second kappa shape index (κ2) is 3.67. The highest BCUT2D eigenvalue weighted by atomic mass is 15.1. The van der Waals surface area contributed by atoms with Crippen LogP contribution < -0.4 is 5.73 Å². The van der Waals surface area contributed by atoms with Gasteiger partial charge in [0.2, 0.25) is 0 Å². The van der Waals surface area contributed by atoms with Crippen LogP contribution in [0, 0.1) is 6.92 Å². The number of rotatable bonds is 2. The summed E-state index contributed by atoms with van der Waals surface area (Å²) in [5.41, 5.74) is 8.31. The molecule has 72 valence electrons. The molecule has 0 amide bonds. The van der Waals surface area contributed by atoms with Crippen LogP contribution in [0.4, 0.5) is 0 Å². The molecule has 0 radical (unpaired) electrons. The van der Waals surface area contributed by atoms with Crippen molar-refractivity contribution in [2.24, 2.45) is 5.73 Å². The van der Waals surface area contributed by atoms with Crippen LogP contribution in [0.15, 0.2) is 18.3 Å². The molecule has 0 aliphatic carbocycles. The van der Waals surface area contributed by atoms with E-state index in [0.717, 1.165) is 28.7 Å². The summed E-state index contributed by atoms with van der Waals surface area (Å²) < 4.78 is 0. The topological polar surface area (TPSA) is 64.7 Å². The largest absolute Gasteiger partial charge is 0.330 e. The van der Waals surface area contributed by atoms with Crippen molar-refractivity contribution in [3.63, 3.8) is 0 Å². The van der Waals surface area contributed by atoms with E-state index in [1.165, 1.54) is 0 Å². The fourth-order valence-corrected chi connectivity index (χ4v) is 1.46. The molecule has 0 bridgehead atoms. The Labute approximate surface area is 82.2 Å². The van der Waals surface area contributed by atoms with E-state index in [-0.39, 0.29) is 0 Å². The maximum atomic E-state index is 5.51. The van der Waals surface area contributed by atoms with Crippen molar-refractivity contribution in [3.05, 3.63) is 29.7 Å². The Kier molecular flexibility index (Phi) is 2.37. The first-order valence-electron chi connectivity index (χ1n) is 4.59. The lowest BCUT2D eigenvalue weighted by Gasteiger charge is -2.03. The van der Waals surface area contributed by atoms with Crippen molar-refractivity contribution < 1.29 is 0 Å². The van der Waals surface area contributed by atoms with Crippen LogP contribution in [-0.4, -0.2) is 21.7 Å². The summed E-state index contributed by atoms with van der Waals surface area (Å²) in [6, 6.07) is 3.86. The summed E-state index contributed by atoms with van der Waals surface area (Å²) in [5, 5.41) is 9.15. The summed E-state index contributed by atoms with van der Waals surface area (Å²) in [7, 11) is 0. The maximum absolute atomic E-state index is 5.51. The fourth-order valence-electron chi connectivity index (χ4n) is 1.46. The Balaban J connectivity index is 2.64. The predicted molar refractivity (Wildman–Crippen MR) is 54.8 cm³/mol.